The normalized spacial score (nSPS) is 14.3. The molecule has 1 aromatic carbocycles. The third-order valence-electron chi connectivity index (χ3n) is 4.53. The van der Waals surface area contributed by atoms with Gasteiger partial charge in [-0.1, -0.05) is 30.3 Å². The van der Waals surface area contributed by atoms with Gasteiger partial charge < -0.3 is 42.1 Å². The summed E-state index contributed by atoms with van der Waals surface area (Å²) in [5.74, 6) is -5.62. The number of hydrogen-bond acceptors (Lipinski definition) is 8. The first-order valence-electron chi connectivity index (χ1n) is 9.96. The molecule has 0 aromatic heterocycles. The Kier molecular flexibility index (Phi) is 11.5. The van der Waals surface area contributed by atoms with Gasteiger partial charge in [0.15, 0.2) is 0 Å². The maximum Gasteiger partial charge on any atom is 0.326 e. The minimum atomic E-state index is -1.62. The molecule has 0 fully saturated rings. The van der Waals surface area contributed by atoms with Gasteiger partial charge in [-0.15, -0.1) is 0 Å². The van der Waals surface area contributed by atoms with E-state index in [1.165, 1.54) is 0 Å². The van der Waals surface area contributed by atoms with E-state index in [1.807, 2.05) is 5.32 Å². The van der Waals surface area contributed by atoms with Crippen LogP contribution in [-0.2, 0) is 30.4 Å². The minimum absolute atomic E-state index is 0.168. The van der Waals surface area contributed by atoms with Crippen LogP contribution in [0.1, 0.15) is 18.4 Å². The molecule has 0 spiro atoms. The largest absolute Gasteiger partial charge is 0.481 e. The standard InChI is InChI=1S/C20H28N4O9/c21-12(8-11-4-2-1-3-5-11)17(29)23-14(9-25)19(31)24-15(10-26)18(30)22-13(20(32)33)6-7-16(27)28/h1-5,12-15,25-26H,6-10,21H2,(H,22,30)(H,23,29)(H,24,31)(H,27,28)(H,32,33)/t12-,13-,14-,15-/m0/s1. The zero-order valence-electron chi connectivity index (χ0n) is 17.6. The van der Waals surface area contributed by atoms with E-state index in [0.717, 1.165) is 5.56 Å². The van der Waals surface area contributed by atoms with Crippen molar-refractivity contribution in [3.05, 3.63) is 35.9 Å². The lowest BCUT2D eigenvalue weighted by Gasteiger charge is -2.23. The van der Waals surface area contributed by atoms with Crippen molar-refractivity contribution >= 4 is 29.7 Å². The van der Waals surface area contributed by atoms with Gasteiger partial charge >= 0.3 is 11.9 Å². The summed E-state index contributed by atoms with van der Waals surface area (Å²) in [6, 6.07) is 3.13. The van der Waals surface area contributed by atoms with Crippen molar-refractivity contribution in [1.82, 2.24) is 16.0 Å². The number of aliphatic hydroxyl groups is 2. The highest BCUT2D eigenvalue weighted by Crippen LogP contribution is 2.03. The lowest BCUT2D eigenvalue weighted by atomic mass is 10.1. The van der Waals surface area contributed by atoms with Gasteiger partial charge in [0.1, 0.15) is 18.1 Å². The average Bonchev–Trinajstić information content (AvgIpc) is 2.78. The Balaban J connectivity index is 2.70. The number of amides is 3. The van der Waals surface area contributed by atoms with Crippen LogP contribution in [0.15, 0.2) is 30.3 Å². The number of carbonyl (C=O) groups excluding carboxylic acids is 3. The number of carboxylic acids is 2. The molecule has 0 unspecified atom stereocenters. The Morgan fingerprint density at radius 2 is 1.27 bits per heavy atom. The van der Waals surface area contributed by atoms with Crippen LogP contribution in [0, 0.1) is 0 Å². The highest BCUT2D eigenvalue weighted by atomic mass is 16.4. The molecule has 1 rings (SSSR count). The van der Waals surface area contributed by atoms with Crippen molar-refractivity contribution in [3.63, 3.8) is 0 Å². The molecule has 0 aliphatic carbocycles. The van der Waals surface area contributed by atoms with Crippen molar-refractivity contribution in [2.45, 2.75) is 43.4 Å². The molecular formula is C20H28N4O9. The van der Waals surface area contributed by atoms with Gasteiger partial charge in [-0.25, -0.2) is 4.79 Å². The van der Waals surface area contributed by atoms with Gasteiger partial charge in [-0.2, -0.15) is 0 Å². The summed E-state index contributed by atoms with van der Waals surface area (Å²) < 4.78 is 0. The van der Waals surface area contributed by atoms with E-state index >= 15 is 0 Å². The Morgan fingerprint density at radius 3 is 1.73 bits per heavy atom. The molecule has 0 saturated heterocycles. The second kappa shape index (κ2) is 13.8. The number of hydrogen-bond donors (Lipinski definition) is 8. The van der Waals surface area contributed by atoms with Crippen LogP contribution < -0.4 is 21.7 Å². The van der Waals surface area contributed by atoms with Gasteiger partial charge in [0.25, 0.3) is 0 Å². The molecule has 0 aliphatic heterocycles. The molecule has 0 saturated carbocycles. The second-order valence-corrected chi connectivity index (χ2v) is 7.12. The zero-order chi connectivity index (χ0) is 25.0. The Bertz CT molecular complexity index is 834. The smallest absolute Gasteiger partial charge is 0.326 e. The maximum atomic E-state index is 12.4. The number of carbonyl (C=O) groups is 5. The first-order valence-corrected chi connectivity index (χ1v) is 9.96. The molecule has 13 heteroatoms. The van der Waals surface area contributed by atoms with Crippen LogP contribution in [0.4, 0.5) is 0 Å². The van der Waals surface area contributed by atoms with E-state index in [2.05, 4.69) is 10.6 Å². The maximum absolute atomic E-state index is 12.4. The van der Waals surface area contributed by atoms with Crippen LogP contribution in [-0.4, -0.2) is 87.5 Å². The molecule has 1 aromatic rings. The predicted octanol–water partition coefficient (Wildman–Crippen LogP) is -3.06. The lowest BCUT2D eigenvalue weighted by Crippen LogP contribution is -2.59. The molecule has 0 radical (unpaired) electrons. The summed E-state index contributed by atoms with van der Waals surface area (Å²) in [7, 11) is 0. The minimum Gasteiger partial charge on any atom is -0.481 e. The first kappa shape index (κ1) is 27.5. The number of nitrogens with two attached hydrogens (primary N) is 1. The second-order valence-electron chi connectivity index (χ2n) is 7.12. The summed E-state index contributed by atoms with van der Waals surface area (Å²) in [6.45, 7) is -1.77. The highest BCUT2D eigenvalue weighted by Gasteiger charge is 2.30. The third kappa shape index (κ3) is 9.64. The molecular weight excluding hydrogens is 440 g/mol. The summed E-state index contributed by atoms with van der Waals surface area (Å²) in [5, 5.41) is 43.0. The van der Waals surface area contributed by atoms with Crippen LogP contribution in [0.5, 0.6) is 0 Å². The van der Waals surface area contributed by atoms with Crippen LogP contribution in [0.3, 0.4) is 0 Å². The first-order chi connectivity index (χ1) is 15.6. The number of carboxylic acid groups (broad SMARTS) is 2. The average molecular weight is 468 g/mol. The summed E-state index contributed by atoms with van der Waals surface area (Å²) in [5.41, 5.74) is 6.61. The van der Waals surface area contributed by atoms with Crippen molar-refractivity contribution < 1.29 is 44.4 Å². The molecule has 0 aliphatic rings. The zero-order valence-corrected chi connectivity index (χ0v) is 17.6. The molecule has 9 N–H and O–H groups in total. The van der Waals surface area contributed by atoms with E-state index in [-0.39, 0.29) is 6.42 Å². The molecule has 4 atom stereocenters. The van der Waals surface area contributed by atoms with E-state index in [0.29, 0.717) is 0 Å². The molecule has 33 heavy (non-hydrogen) atoms. The quantitative estimate of drug-likeness (QED) is 0.137. The molecule has 3 amide bonds. The Hall–Kier alpha value is -3.55. The predicted molar refractivity (Wildman–Crippen MR) is 113 cm³/mol. The number of benzene rings is 1. The van der Waals surface area contributed by atoms with E-state index in [1.54, 1.807) is 30.3 Å². The molecule has 182 valence electrons. The lowest BCUT2D eigenvalue weighted by molar-refractivity contribution is -0.143. The van der Waals surface area contributed by atoms with Gasteiger partial charge in [-0.3, -0.25) is 19.2 Å². The van der Waals surface area contributed by atoms with Gasteiger partial charge in [0, 0.05) is 6.42 Å². The third-order valence-corrected chi connectivity index (χ3v) is 4.53. The van der Waals surface area contributed by atoms with Gasteiger partial charge in [-0.05, 0) is 18.4 Å². The van der Waals surface area contributed by atoms with E-state index < -0.39 is 79.9 Å². The Morgan fingerprint density at radius 1 is 0.788 bits per heavy atom. The fourth-order valence-corrected chi connectivity index (χ4v) is 2.70. The number of aliphatic carboxylic acids is 2. The fraction of sp³-hybridized carbons (Fsp3) is 0.450. The highest BCUT2D eigenvalue weighted by molar-refractivity contribution is 5.94. The van der Waals surface area contributed by atoms with Crippen LogP contribution in [0.2, 0.25) is 0 Å². The number of rotatable bonds is 14. The number of nitrogens with one attached hydrogen (secondary N) is 3. The van der Waals surface area contributed by atoms with Crippen molar-refractivity contribution in [2.24, 2.45) is 5.73 Å². The molecule has 0 heterocycles. The summed E-state index contributed by atoms with van der Waals surface area (Å²) in [6.07, 6.45) is -0.784. The topological polar surface area (TPSA) is 228 Å². The molecule has 13 nitrogen and oxygen atoms in total. The monoisotopic (exact) mass is 468 g/mol. The van der Waals surface area contributed by atoms with Crippen molar-refractivity contribution in [2.75, 3.05) is 13.2 Å². The summed E-state index contributed by atoms with van der Waals surface area (Å²) in [4.78, 5) is 58.7. The Labute approximate surface area is 189 Å². The van der Waals surface area contributed by atoms with Gasteiger partial charge in [0.05, 0.1) is 19.3 Å². The fourth-order valence-electron chi connectivity index (χ4n) is 2.70. The van der Waals surface area contributed by atoms with Crippen molar-refractivity contribution in [1.29, 1.82) is 0 Å². The van der Waals surface area contributed by atoms with Crippen LogP contribution in [0.25, 0.3) is 0 Å². The summed E-state index contributed by atoms with van der Waals surface area (Å²) >= 11 is 0. The van der Waals surface area contributed by atoms with Crippen LogP contribution >= 0.6 is 0 Å². The molecule has 0 bridgehead atoms. The SMILES string of the molecule is N[C@@H](Cc1ccccc1)C(=O)N[C@@H](CO)C(=O)N[C@@H](CO)C(=O)N[C@@H](CCC(=O)O)C(=O)O. The van der Waals surface area contributed by atoms with E-state index in [9.17, 15) is 34.2 Å². The van der Waals surface area contributed by atoms with Crippen molar-refractivity contribution in [3.8, 4) is 0 Å². The van der Waals surface area contributed by atoms with Gasteiger partial charge in [0.2, 0.25) is 17.7 Å². The van der Waals surface area contributed by atoms with E-state index in [4.69, 9.17) is 15.9 Å². The number of aliphatic hydroxyl groups excluding tert-OH is 2.